The minimum Gasteiger partial charge on any atom is -0.339 e. The molecule has 0 bridgehead atoms. The number of rotatable bonds is 4. The van der Waals surface area contributed by atoms with E-state index in [0.717, 1.165) is 31.6 Å². The van der Waals surface area contributed by atoms with Crippen molar-refractivity contribution in [1.82, 2.24) is 14.9 Å². The van der Waals surface area contributed by atoms with Crippen LogP contribution in [0, 0.1) is 12.8 Å². The lowest BCUT2D eigenvalue weighted by Gasteiger charge is -2.30. The van der Waals surface area contributed by atoms with E-state index in [1.165, 1.54) is 17.5 Å². The van der Waals surface area contributed by atoms with Crippen molar-refractivity contribution in [1.29, 1.82) is 0 Å². The monoisotopic (exact) mass is 338 g/mol. The van der Waals surface area contributed by atoms with Gasteiger partial charge in [-0.25, -0.2) is 9.97 Å². The van der Waals surface area contributed by atoms with Crippen LogP contribution in [-0.4, -0.2) is 33.9 Å². The molecule has 2 heterocycles. The van der Waals surface area contributed by atoms with E-state index in [0.29, 0.717) is 17.4 Å². The van der Waals surface area contributed by atoms with Crippen LogP contribution in [0.15, 0.2) is 30.6 Å². The first-order chi connectivity index (χ1) is 12.1. The van der Waals surface area contributed by atoms with Gasteiger partial charge in [0.15, 0.2) is 0 Å². The molecule has 0 saturated carbocycles. The van der Waals surface area contributed by atoms with Crippen LogP contribution in [0.25, 0.3) is 0 Å². The molecule has 1 aliphatic heterocycles. The molecule has 1 N–H and O–H groups in total. The fraction of sp³-hybridized carbons (Fsp3) is 0.450. The number of benzene rings is 1. The van der Waals surface area contributed by atoms with Gasteiger partial charge >= 0.3 is 0 Å². The highest BCUT2D eigenvalue weighted by Gasteiger charge is 2.23. The van der Waals surface area contributed by atoms with Crippen molar-refractivity contribution in [2.24, 2.45) is 5.92 Å². The summed E-state index contributed by atoms with van der Waals surface area (Å²) >= 11 is 0. The van der Waals surface area contributed by atoms with Crippen molar-refractivity contribution in [3.8, 4) is 0 Å². The van der Waals surface area contributed by atoms with Gasteiger partial charge in [-0.15, -0.1) is 0 Å². The molecule has 132 valence electrons. The minimum absolute atomic E-state index is 0.0178. The molecule has 1 fully saturated rings. The van der Waals surface area contributed by atoms with Crippen LogP contribution in [0.1, 0.15) is 48.3 Å². The van der Waals surface area contributed by atoms with Gasteiger partial charge in [0.2, 0.25) is 0 Å². The highest BCUT2D eigenvalue weighted by atomic mass is 16.2. The number of aryl methyl sites for hydroxylation is 2. The number of hydrogen-bond donors (Lipinski definition) is 1. The summed E-state index contributed by atoms with van der Waals surface area (Å²) in [5, 5.41) is 3.35. The number of piperidine rings is 1. The Morgan fingerprint density at radius 3 is 2.84 bits per heavy atom. The molecule has 0 radical (unpaired) electrons. The molecule has 2 aromatic rings. The van der Waals surface area contributed by atoms with Gasteiger partial charge in [0.25, 0.3) is 5.91 Å². The van der Waals surface area contributed by atoms with Gasteiger partial charge < -0.3 is 10.2 Å². The highest BCUT2D eigenvalue weighted by Crippen LogP contribution is 2.24. The topological polar surface area (TPSA) is 58.1 Å². The standard InChI is InChI=1S/C20H26N4O/c1-4-16-9-5-8-15(3)19(16)23-18-12-21-17(11-22-18)20(25)24-10-6-7-14(2)13-24/h5,8-9,11-12,14H,4,6-7,10,13H2,1-3H3,(H,22,23). The quantitative estimate of drug-likeness (QED) is 0.916. The molecule has 1 atom stereocenters. The Kier molecular flexibility index (Phi) is 5.31. The number of aromatic nitrogens is 2. The van der Waals surface area contributed by atoms with Crippen LogP contribution in [0.5, 0.6) is 0 Å². The van der Waals surface area contributed by atoms with E-state index in [1.54, 1.807) is 12.4 Å². The molecule has 5 heteroatoms. The molecule has 0 spiro atoms. The molecule has 1 aliphatic rings. The first kappa shape index (κ1) is 17.4. The van der Waals surface area contributed by atoms with Gasteiger partial charge in [0.1, 0.15) is 11.5 Å². The summed E-state index contributed by atoms with van der Waals surface area (Å²) in [6.45, 7) is 8.01. The Morgan fingerprint density at radius 1 is 1.32 bits per heavy atom. The normalized spacial score (nSPS) is 17.4. The third kappa shape index (κ3) is 3.98. The maximum Gasteiger partial charge on any atom is 0.274 e. The van der Waals surface area contributed by atoms with Crippen LogP contribution in [0.4, 0.5) is 11.5 Å². The molecule has 25 heavy (non-hydrogen) atoms. The SMILES string of the molecule is CCc1cccc(C)c1Nc1cnc(C(=O)N2CCCC(C)C2)cn1. The van der Waals surface area contributed by atoms with Gasteiger partial charge in [0, 0.05) is 18.8 Å². The number of carbonyl (C=O) groups is 1. The summed E-state index contributed by atoms with van der Waals surface area (Å²) in [5.41, 5.74) is 3.90. The summed E-state index contributed by atoms with van der Waals surface area (Å²) in [6, 6.07) is 6.24. The molecule has 1 aromatic carbocycles. The molecular formula is C20H26N4O. The van der Waals surface area contributed by atoms with Gasteiger partial charge in [-0.05, 0) is 43.2 Å². The van der Waals surface area contributed by atoms with E-state index in [2.05, 4.69) is 54.3 Å². The third-order valence-corrected chi connectivity index (χ3v) is 4.81. The second-order valence-electron chi connectivity index (χ2n) is 6.87. The van der Waals surface area contributed by atoms with Crippen molar-refractivity contribution in [3.63, 3.8) is 0 Å². The molecule has 1 unspecified atom stereocenters. The fourth-order valence-electron chi connectivity index (χ4n) is 3.37. The van der Waals surface area contributed by atoms with Crippen LogP contribution in [0.3, 0.4) is 0 Å². The first-order valence-corrected chi connectivity index (χ1v) is 9.05. The number of nitrogens with one attached hydrogen (secondary N) is 1. The van der Waals surface area contributed by atoms with E-state index < -0.39 is 0 Å². The van der Waals surface area contributed by atoms with Crippen molar-refractivity contribution < 1.29 is 4.79 Å². The molecule has 1 amide bonds. The molecular weight excluding hydrogens is 312 g/mol. The summed E-state index contributed by atoms with van der Waals surface area (Å²) in [5.74, 6) is 1.20. The summed E-state index contributed by atoms with van der Waals surface area (Å²) in [7, 11) is 0. The number of amides is 1. The van der Waals surface area contributed by atoms with E-state index in [-0.39, 0.29) is 5.91 Å². The Morgan fingerprint density at radius 2 is 2.16 bits per heavy atom. The number of carbonyl (C=O) groups excluding carboxylic acids is 1. The average molecular weight is 338 g/mol. The number of likely N-dealkylation sites (tertiary alicyclic amines) is 1. The number of nitrogens with zero attached hydrogens (tertiary/aromatic N) is 3. The Labute approximate surface area is 149 Å². The van der Waals surface area contributed by atoms with Crippen LogP contribution >= 0.6 is 0 Å². The lowest BCUT2D eigenvalue weighted by molar-refractivity contribution is 0.0676. The summed E-state index contributed by atoms with van der Waals surface area (Å²) in [6.07, 6.45) is 6.42. The summed E-state index contributed by atoms with van der Waals surface area (Å²) in [4.78, 5) is 23.2. The van der Waals surface area contributed by atoms with Crippen LogP contribution in [-0.2, 0) is 6.42 Å². The van der Waals surface area contributed by atoms with E-state index in [9.17, 15) is 4.79 Å². The lowest BCUT2D eigenvalue weighted by atomic mass is 10.0. The summed E-state index contributed by atoms with van der Waals surface area (Å²) < 4.78 is 0. The fourth-order valence-corrected chi connectivity index (χ4v) is 3.37. The van der Waals surface area contributed by atoms with Crippen molar-refractivity contribution in [2.45, 2.75) is 40.0 Å². The Bertz CT molecular complexity index is 742. The molecule has 5 nitrogen and oxygen atoms in total. The number of anilines is 2. The number of para-hydroxylation sites is 1. The van der Waals surface area contributed by atoms with Gasteiger partial charge in [-0.1, -0.05) is 32.0 Å². The zero-order valence-electron chi connectivity index (χ0n) is 15.2. The smallest absolute Gasteiger partial charge is 0.274 e. The third-order valence-electron chi connectivity index (χ3n) is 4.81. The minimum atomic E-state index is -0.0178. The molecule has 1 saturated heterocycles. The van der Waals surface area contributed by atoms with Gasteiger partial charge in [-0.2, -0.15) is 0 Å². The maximum absolute atomic E-state index is 12.6. The molecule has 0 aliphatic carbocycles. The largest absolute Gasteiger partial charge is 0.339 e. The second kappa shape index (κ2) is 7.64. The van der Waals surface area contributed by atoms with E-state index in [1.807, 2.05) is 4.90 Å². The maximum atomic E-state index is 12.6. The van der Waals surface area contributed by atoms with Crippen LogP contribution in [0.2, 0.25) is 0 Å². The predicted molar refractivity (Wildman–Crippen MR) is 100 cm³/mol. The highest BCUT2D eigenvalue weighted by molar-refractivity contribution is 5.92. The zero-order chi connectivity index (χ0) is 17.8. The van der Waals surface area contributed by atoms with Crippen molar-refractivity contribution >= 4 is 17.4 Å². The van der Waals surface area contributed by atoms with Gasteiger partial charge in [0.05, 0.1) is 12.4 Å². The van der Waals surface area contributed by atoms with Crippen LogP contribution < -0.4 is 5.32 Å². The van der Waals surface area contributed by atoms with Crippen molar-refractivity contribution in [2.75, 3.05) is 18.4 Å². The molecule has 1 aromatic heterocycles. The van der Waals surface area contributed by atoms with E-state index >= 15 is 0 Å². The Hall–Kier alpha value is -2.43. The predicted octanol–water partition coefficient (Wildman–Crippen LogP) is 3.96. The zero-order valence-corrected chi connectivity index (χ0v) is 15.2. The van der Waals surface area contributed by atoms with Gasteiger partial charge in [-0.3, -0.25) is 4.79 Å². The molecule has 3 rings (SSSR count). The average Bonchev–Trinajstić information content (AvgIpc) is 2.63. The Balaban J connectivity index is 1.73. The first-order valence-electron chi connectivity index (χ1n) is 9.05. The number of hydrogen-bond acceptors (Lipinski definition) is 4. The van der Waals surface area contributed by atoms with E-state index in [4.69, 9.17) is 0 Å². The lowest BCUT2D eigenvalue weighted by Crippen LogP contribution is -2.39. The second-order valence-corrected chi connectivity index (χ2v) is 6.87. The van der Waals surface area contributed by atoms with Crippen molar-refractivity contribution in [3.05, 3.63) is 47.4 Å².